The van der Waals surface area contributed by atoms with E-state index in [1.807, 2.05) is 38.1 Å². The molecule has 1 heterocycles. The summed E-state index contributed by atoms with van der Waals surface area (Å²) in [7, 11) is 0. The largest absolute Gasteiger partial charge is 0.337 e. The maximum Gasteiger partial charge on any atom is 0.270 e. The number of nitro groups is 1. The quantitative estimate of drug-likeness (QED) is 0.453. The topological polar surface area (TPSA) is 98.3 Å². The lowest BCUT2D eigenvalue weighted by molar-refractivity contribution is -0.384. The van der Waals surface area contributed by atoms with Gasteiger partial charge in [-0.25, -0.2) is 4.98 Å². The molecule has 150 valence electrons. The predicted molar refractivity (Wildman–Crippen MR) is 110 cm³/mol. The van der Waals surface area contributed by atoms with Gasteiger partial charge in [0.05, 0.1) is 22.2 Å². The van der Waals surface area contributed by atoms with Crippen LogP contribution in [0.2, 0.25) is 0 Å². The number of aryl methyl sites for hydroxylation is 1. The molecule has 0 aliphatic carbocycles. The first-order valence-corrected chi connectivity index (χ1v) is 9.36. The third-order valence-corrected chi connectivity index (χ3v) is 4.66. The van der Waals surface area contributed by atoms with Gasteiger partial charge in [0, 0.05) is 25.2 Å². The van der Waals surface area contributed by atoms with Crippen molar-refractivity contribution in [1.29, 1.82) is 0 Å². The molecular weight excluding hydrogens is 372 g/mol. The van der Waals surface area contributed by atoms with Crippen molar-refractivity contribution in [2.45, 2.75) is 33.4 Å². The Kier molecular flexibility index (Phi) is 6.01. The fraction of sp³-hybridized carbons (Fsp3) is 0.286. The smallest absolute Gasteiger partial charge is 0.270 e. The number of nitro benzene ring substituents is 1. The van der Waals surface area contributed by atoms with E-state index < -0.39 is 10.5 Å². The van der Waals surface area contributed by atoms with Gasteiger partial charge in [-0.05, 0) is 25.0 Å². The molecule has 0 N–H and O–H groups in total. The van der Waals surface area contributed by atoms with E-state index in [1.165, 1.54) is 29.1 Å². The average Bonchev–Trinajstić information content (AvgIpc) is 2.71. The van der Waals surface area contributed by atoms with Gasteiger partial charge in [-0.2, -0.15) is 0 Å². The lowest BCUT2D eigenvalue weighted by Gasteiger charge is -2.23. The van der Waals surface area contributed by atoms with Crippen LogP contribution in [-0.2, 0) is 17.9 Å². The zero-order valence-electron chi connectivity index (χ0n) is 16.4. The molecule has 8 nitrogen and oxygen atoms in total. The molecule has 0 saturated carbocycles. The second-order valence-electron chi connectivity index (χ2n) is 6.94. The van der Waals surface area contributed by atoms with Crippen molar-refractivity contribution < 1.29 is 9.72 Å². The molecule has 0 fully saturated rings. The minimum absolute atomic E-state index is 0.120. The Labute approximate surface area is 167 Å². The number of nitrogens with zero attached hydrogens (tertiary/aromatic N) is 4. The summed E-state index contributed by atoms with van der Waals surface area (Å²) in [6, 6.07) is 11.9. The second kappa shape index (κ2) is 8.64. The SMILES string of the molecule is CCCN(Cc1ccc(C)cc1)C(=O)Cn1cnc2ccc([N+](=O)[O-])cc2c1=O. The van der Waals surface area contributed by atoms with Crippen molar-refractivity contribution >= 4 is 22.5 Å². The van der Waals surface area contributed by atoms with Gasteiger partial charge in [0.15, 0.2) is 0 Å². The van der Waals surface area contributed by atoms with Crippen molar-refractivity contribution in [2.24, 2.45) is 0 Å². The van der Waals surface area contributed by atoms with Crippen LogP contribution in [0.3, 0.4) is 0 Å². The number of amides is 1. The van der Waals surface area contributed by atoms with Gasteiger partial charge in [0.25, 0.3) is 11.2 Å². The normalized spacial score (nSPS) is 10.8. The first kappa shape index (κ1) is 20.2. The van der Waals surface area contributed by atoms with Crippen molar-refractivity contribution in [2.75, 3.05) is 6.54 Å². The molecule has 0 aliphatic heterocycles. The Morgan fingerprint density at radius 2 is 1.93 bits per heavy atom. The molecule has 0 saturated heterocycles. The lowest BCUT2D eigenvalue weighted by Crippen LogP contribution is -2.36. The van der Waals surface area contributed by atoms with E-state index in [2.05, 4.69) is 4.98 Å². The van der Waals surface area contributed by atoms with Crippen LogP contribution >= 0.6 is 0 Å². The first-order chi connectivity index (χ1) is 13.9. The summed E-state index contributed by atoms with van der Waals surface area (Å²) in [6.07, 6.45) is 2.10. The van der Waals surface area contributed by atoms with Gasteiger partial charge in [0.2, 0.25) is 5.91 Å². The average molecular weight is 394 g/mol. The van der Waals surface area contributed by atoms with E-state index in [9.17, 15) is 19.7 Å². The van der Waals surface area contributed by atoms with E-state index in [0.29, 0.717) is 18.6 Å². The van der Waals surface area contributed by atoms with Crippen LogP contribution in [0.4, 0.5) is 5.69 Å². The summed E-state index contributed by atoms with van der Waals surface area (Å²) in [4.78, 5) is 41.9. The molecule has 3 aromatic rings. The van der Waals surface area contributed by atoms with Crippen LogP contribution in [0, 0.1) is 17.0 Å². The summed E-state index contributed by atoms with van der Waals surface area (Å²) in [5.41, 5.74) is 1.85. The van der Waals surface area contributed by atoms with E-state index >= 15 is 0 Å². The molecule has 2 aromatic carbocycles. The molecular formula is C21H22N4O4. The van der Waals surface area contributed by atoms with Crippen LogP contribution in [0.15, 0.2) is 53.6 Å². The molecule has 0 unspecified atom stereocenters. The molecule has 29 heavy (non-hydrogen) atoms. The summed E-state index contributed by atoms with van der Waals surface area (Å²) in [6.45, 7) is 4.83. The minimum Gasteiger partial charge on any atom is -0.337 e. The third-order valence-electron chi connectivity index (χ3n) is 4.66. The molecule has 3 rings (SSSR count). The van der Waals surface area contributed by atoms with Crippen molar-refractivity contribution in [3.8, 4) is 0 Å². The lowest BCUT2D eigenvalue weighted by atomic mass is 10.1. The van der Waals surface area contributed by atoms with E-state index in [-0.39, 0.29) is 23.5 Å². The summed E-state index contributed by atoms with van der Waals surface area (Å²) in [5, 5.41) is 11.1. The Balaban J connectivity index is 1.86. The number of fused-ring (bicyclic) bond motifs is 1. The number of carbonyl (C=O) groups is 1. The highest BCUT2D eigenvalue weighted by Crippen LogP contribution is 2.16. The number of benzene rings is 2. The fourth-order valence-corrected chi connectivity index (χ4v) is 3.09. The molecule has 0 aliphatic rings. The molecule has 1 aromatic heterocycles. The van der Waals surface area contributed by atoms with Crippen LogP contribution in [0.5, 0.6) is 0 Å². The molecule has 0 atom stereocenters. The van der Waals surface area contributed by atoms with Gasteiger partial charge in [-0.3, -0.25) is 24.3 Å². The van der Waals surface area contributed by atoms with Gasteiger partial charge in [0.1, 0.15) is 6.54 Å². The zero-order chi connectivity index (χ0) is 21.0. The highest BCUT2D eigenvalue weighted by Gasteiger charge is 2.17. The minimum atomic E-state index is -0.564. The Hall–Kier alpha value is -3.55. The third kappa shape index (κ3) is 4.66. The Morgan fingerprint density at radius 1 is 1.21 bits per heavy atom. The van der Waals surface area contributed by atoms with Gasteiger partial charge in [-0.15, -0.1) is 0 Å². The van der Waals surface area contributed by atoms with Gasteiger partial charge < -0.3 is 4.90 Å². The number of hydrogen-bond acceptors (Lipinski definition) is 5. The fourth-order valence-electron chi connectivity index (χ4n) is 3.09. The summed E-state index contributed by atoms with van der Waals surface area (Å²) in [5.74, 6) is -0.207. The van der Waals surface area contributed by atoms with Crippen LogP contribution in [-0.4, -0.2) is 31.8 Å². The first-order valence-electron chi connectivity index (χ1n) is 9.36. The number of aromatic nitrogens is 2. The monoisotopic (exact) mass is 394 g/mol. The molecule has 0 spiro atoms. The highest BCUT2D eigenvalue weighted by atomic mass is 16.6. The second-order valence-corrected chi connectivity index (χ2v) is 6.94. The van der Waals surface area contributed by atoms with E-state index in [4.69, 9.17) is 0 Å². The molecule has 8 heteroatoms. The maximum absolute atomic E-state index is 12.9. The zero-order valence-corrected chi connectivity index (χ0v) is 16.4. The standard InChI is InChI=1S/C21H22N4O4/c1-3-10-23(12-16-6-4-15(2)5-7-16)20(26)13-24-14-22-19-9-8-17(25(28)29)11-18(19)21(24)27/h4-9,11,14H,3,10,12-13H2,1-2H3. The predicted octanol–water partition coefficient (Wildman–Crippen LogP) is 3.05. The van der Waals surface area contributed by atoms with Gasteiger partial charge >= 0.3 is 0 Å². The Bertz CT molecular complexity index is 1110. The molecule has 0 radical (unpaired) electrons. The van der Waals surface area contributed by atoms with Crippen molar-refractivity contribution in [3.05, 3.63) is 80.4 Å². The summed E-state index contributed by atoms with van der Waals surface area (Å²) < 4.78 is 1.20. The maximum atomic E-state index is 12.9. The van der Waals surface area contributed by atoms with Crippen LogP contribution in [0.25, 0.3) is 10.9 Å². The van der Waals surface area contributed by atoms with E-state index in [1.54, 1.807) is 4.90 Å². The van der Waals surface area contributed by atoms with Crippen LogP contribution < -0.4 is 5.56 Å². The van der Waals surface area contributed by atoms with Crippen molar-refractivity contribution in [1.82, 2.24) is 14.5 Å². The number of non-ortho nitro benzene ring substituents is 1. The Morgan fingerprint density at radius 3 is 2.59 bits per heavy atom. The highest BCUT2D eigenvalue weighted by molar-refractivity contribution is 5.81. The van der Waals surface area contributed by atoms with Gasteiger partial charge in [-0.1, -0.05) is 36.8 Å². The molecule has 1 amide bonds. The number of hydrogen-bond donors (Lipinski definition) is 0. The van der Waals surface area contributed by atoms with Crippen molar-refractivity contribution in [3.63, 3.8) is 0 Å². The number of carbonyl (C=O) groups excluding carboxylic acids is 1. The van der Waals surface area contributed by atoms with Crippen LogP contribution in [0.1, 0.15) is 24.5 Å². The molecule has 0 bridgehead atoms. The summed E-state index contributed by atoms with van der Waals surface area (Å²) >= 11 is 0. The van der Waals surface area contributed by atoms with E-state index in [0.717, 1.165) is 17.5 Å². The number of rotatable bonds is 7.